The van der Waals surface area contributed by atoms with Crippen LogP contribution in [0.1, 0.15) is 42.2 Å². The number of benzene rings is 1. The van der Waals surface area contributed by atoms with Gasteiger partial charge in [0.05, 0.1) is 31.4 Å². The van der Waals surface area contributed by atoms with Gasteiger partial charge in [-0.2, -0.15) is 0 Å². The molecule has 0 unspecified atom stereocenters. The van der Waals surface area contributed by atoms with Gasteiger partial charge in [0.1, 0.15) is 6.04 Å². The molecule has 23 heavy (non-hydrogen) atoms. The lowest BCUT2D eigenvalue weighted by molar-refractivity contribution is -0.890. The van der Waals surface area contributed by atoms with Crippen molar-refractivity contribution in [3.8, 4) is 0 Å². The minimum Gasteiger partial charge on any atom is -0.349 e. The Morgan fingerprint density at radius 2 is 1.91 bits per heavy atom. The Morgan fingerprint density at radius 3 is 2.48 bits per heavy atom. The van der Waals surface area contributed by atoms with E-state index >= 15 is 0 Å². The van der Waals surface area contributed by atoms with Crippen LogP contribution in [0.5, 0.6) is 0 Å². The van der Waals surface area contributed by atoms with Crippen molar-refractivity contribution in [3.05, 3.63) is 58.3 Å². The maximum Gasteiger partial charge on any atom is 0.227 e. The van der Waals surface area contributed by atoms with Crippen LogP contribution in [0.25, 0.3) is 0 Å². The van der Waals surface area contributed by atoms with E-state index in [1.807, 2.05) is 30.3 Å². The Kier molecular flexibility index (Phi) is 6.81. The maximum absolute atomic E-state index is 12.7. The van der Waals surface area contributed by atoms with E-state index in [0.717, 1.165) is 18.4 Å². The lowest BCUT2D eigenvalue weighted by atomic mass is 9.93. The smallest absolute Gasteiger partial charge is 0.227 e. The van der Waals surface area contributed by atoms with Gasteiger partial charge in [0.25, 0.3) is 0 Å². The number of hydrogen-bond acceptors (Lipinski definition) is 2. The molecule has 0 saturated carbocycles. The SMILES string of the molecule is CCC[C@H](C(=O)NC[C@@H](c1cccs1)[NH+](C)C)c1ccccc1. The van der Waals surface area contributed by atoms with Crippen molar-refractivity contribution in [1.29, 1.82) is 0 Å². The molecule has 2 atom stereocenters. The summed E-state index contributed by atoms with van der Waals surface area (Å²) >= 11 is 1.75. The van der Waals surface area contributed by atoms with E-state index < -0.39 is 0 Å². The monoisotopic (exact) mass is 331 g/mol. The first kappa shape index (κ1) is 17.7. The van der Waals surface area contributed by atoms with Crippen LogP contribution in [0.4, 0.5) is 0 Å². The number of rotatable bonds is 8. The summed E-state index contributed by atoms with van der Waals surface area (Å²) in [6, 6.07) is 14.6. The van der Waals surface area contributed by atoms with Crippen molar-refractivity contribution in [2.45, 2.75) is 31.7 Å². The highest BCUT2D eigenvalue weighted by Gasteiger charge is 2.23. The van der Waals surface area contributed by atoms with Crippen LogP contribution < -0.4 is 10.2 Å². The Bertz CT molecular complexity index is 581. The van der Waals surface area contributed by atoms with Crippen molar-refractivity contribution in [2.24, 2.45) is 0 Å². The Morgan fingerprint density at radius 1 is 1.17 bits per heavy atom. The third-order valence-electron chi connectivity index (χ3n) is 4.16. The number of amides is 1. The van der Waals surface area contributed by atoms with Gasteiger partial charge in [-0.15, -0.1) is 11.3 Å². The molecule has 1 heterocycles. The zero-order valence-corrected chi connectivity index (χ0v) is 15.0. The first-order valence-electron chi connectivity index (χ1n) is 8.29. The highest BCUT2D eigenvalue weighted by Crippen LogP contribution is 2.22. The molecule has 2 aromatic rings. The highest BCUT2D eigenvalue weighted by atomic mass is 32.1. The van der Waals surface area contributed by atoms with Crippen LogP contribution in [0, 0.1) is 0 Å². The molecule has 0 aliphatic heterocycles. The normalized spacial score (nSPS) is 13.7. The fourth-order valence-electron chi connectivity index (χ4n) is 2.83. The molecule has 124 valence electrons. The first-order valence-corrected chi connectivity index (χ1v) is 9.17. The summed E-state index contributed by atoms with van der Waals surface area (Å²) in [5.41, 5.74) is 1.11. The molecule has 2 rings (SSSR count). The van der Waals surface area contributed by atoms with Crippen molar-refractivity contribution >= 4 is 17.2 Å². The first-order chi connectivity index (χ1) is 11.1. The third-order valence-corrected chi connectivity index (χ3v) is 5.15. The number of hydrogen-bond donors (Lipinski definition) is 2. The second-order valence-electron chi connectivity index (χ2n) is 6.14. The minimum absolute atomic E-state index is 0.0534. The molecular weight excluding hydrogens is 304 g/mol. The third kappa shape index (κ3) is 4.91. The van der Waals surface area contributed by atoms with E-state index in [1.165, 1.54) is 9.78 Å². The predicted octanol–water partition coefficient (Wildman–Crippen LogP) is 2.63. The van der Waals surface area contributed by atoms with Crippen LogP contribution in [0.15, 0.2) is 47.8 Å². The molecule has 1 aromatic carbocycles. The standard InChI is InChI=1S/C19H26N2OS/c1-4-9-16(15-10-6-5-7-11-15)19(22)20-14-17(21(2)3)18-12-8-13-23-18/h5-8,10-13,16-17H,4,9,14H2,1-3H3,(H,20,22)/p+1/t16-,17-/m0/s1. The second-order valence-corrected chi connectivity index (χ2v) is 7.12. The molecule has 2 N–H and O–H groups in total. The largest absolute Gasteiger partial charge is 0.349 e. The molecule has 0 radical (unpaired) electrons. The summed E-state index contributed by atoms with van der Waals surface area (Å²) in [4.78, 5) is 15.4. The van der Waals surface area contributed by atoms with Crippen LogP contribution in [0.3, 0.4) is 0 Å². The molecule has 0 saturated heterocycles. The summed E-state index contributed by atoms with van der Waals surface area (Å²) < 4.78 is 0. The Hall–Kier alpha value is -1.65. The summed E-state index contributed by atoms with van der Waals surface area (Å²) in [5, 5.41) is 5.28. The quantitative estimate of drug-likeness (QED) is 0.766. The summed E-state index contributed by atoms with van der Waals surface area (Å²) in [5.74, 6) is 0.0863. The van der Waals surface area contributed by atoms with Crippen molar-refractivity contribution in [1.82, 2.24) is 5.32 Å². The van der Waals surface area contributed by atoms with Crippen molar-refractivity contribution < 1.29 is 9.69 Å². The van der Waals surface area contributed by atoms with Crippen LogP contribution in [0.2, 0.25) is 0 Å². The van der Waals surface area contributed by atoms with Crippen LogP contribution in [-0.2, 0) is 4.79 Å². The van der Waals surface area contributed by atoms with E-state index in [4.69, 9.17) is 0 Å². The molecule has 0 aliphatic rings. The molecule has 0 spiro atoms. The number of carbonyl (C=O) groups is 1. The average Bonchev–Trinajstić information content (AvgIpc) is 3.07. The predicted molar refractivity (Wildman–Crippen MR) is 97.0 cm³/mol. The van der Waals surface area contributed by atoms with E-state index in [9.17, 15) is 4.79 Å². The molecule has 4 heteroatoms. The van der Waals surface area contributed by atoms with Crippen molar-refractivity contribution in [2.75, 3.05) is 20.6 Å². The fourth-order valence-corrected chi connectivity index (χ4v) is 3.78. The lowest BCUT2D eigenvalue weighted by Gasteiger charge is -2.23. The molecule has 0 bridgehead atoms. The molecule has 1 aromatic heterocycles. The second kappa shape index (κ2) is 8.85. The Labute approximate surface area is 143 Å². The van der Waals surface area contributed by atoms with Gasteiger partial charge in [-0.25, -0.2) is 0 Å². The number of carbonyl (C=O) groups excluding carboxylic acids is 1. The average molecular weight is 332 g/mol. The number of nitrogens with one attached hydrogen (secondary N) is 2. The topological polar surface area (TPSA) is 33.5 Å². The van der Waals surface area contributed by atoms with Gasteiger partial charge in [-0.3, -0.25) is 4.79 Å². The molecule has 1 amide bonds. The van der Waals surface area contributed by atoms with E-state index in [-0.39, 0.29) is 11.8 Å². The summed E-state index contributed by atoms with van der Waals surface area (Å²) in [7, 11) is 4.27. The summed E-state index contributed by atoms with van der Waals surface area (Å²) in [6.07, 6.45) is 1.88. The maximum atomic E-state index is 12.7. The van der Waals surface area contributed by atoms with Gasteiger partial charge < -0.3 is 10.2 Å². The minimum atomic E-state index is -0.0534. The van der Waals surface area contributed by atoms with Gasteiger partial charge in [0, 0.05) is 0 Å². The van der Waals surface area contributed by atoms with E-state index in [1.54, 1.807) is 11.3 Å². The van der Waals surface area contributed by atoms with E-state index in [0.29, 0.717) is 12.6 Å². The van der Waals surface area contributed by atoms with Gasteiger partial charge in [0.2, 0.25) is 5.91 Å². The van der Waals surface area contributed by atoms with Crippen LogP contribution >= 0.6 is 11.3 Å². The molecule has 3 nitrogen and oxygen atoms in total. The number of thiophene rings is 1. The van der Waals surface area contributed by atoms with Gasteiger partial charge in [-0.05, 0) is 23.4 Å². The Balaban J connectivity index is 2.03. The molecule has 0 aliphatic carbocycles. The molecular formula is C19H27N2OS+. The van der Waals surface area contributed by atoms with Crippen LogP contribution in [-0.4, -0.2) is 26.5 Å². The summed E-state index contributed by atoms with van der Waals surface area (Å²) in [6.45, 7) is 2.80. The molecule has 0 fully saturated rings. The van der Waals surface area contributed by atoms with Crippen molar-refractivity contribution in [3.63, 3.8) is 0 Å². The van der Waals surface area contributed by atoms with Gasteiger partial charge >= 0.3 is 0 Å². The lowest BCUT2D eigenvalue weighted by Crippen LogP contribution is -3.06. The van der Waals surface area contributed by atoms with Gasteiger partial charge in [-0.1, -0.05) is 49.7 Å². The van der Waals surface area contributed by atoms with Gasteiger partial charge in [0.15, 0.2) is 0 Å². The zero-order valence-electron chi connectivity index (χ0n) is 14.2. The highest BCUT2D eigenvalue weighted by molar-refractivity contribution is 7.10. The number of likely N-dealkylation sites (N-methyl/N-ethyl adjacent to an activating group) is 1. The van der Waals surface area contributed by atoms with E-state index in [2.05, 4.69) is 43.8 Å². The number of quaternary nitrogens is 1. The fraction of sp³-hybridized carbons (Fsp3) is 0.421. The zero-order chi connectivity index (χ0) is 16.7.